The summed E-state index contributed by atoms with van der Waals surface area (Å²) in [5.74, 6) is -1.22. The predicted octanol–water partition coefficient (Wildman–Crippen LogP) is 0.961. The first-order chi connectivity index (χ1) is 7.48. The fourth-order valence-electron chi connectivity index (χ4n) is 1.97. The molecule has 0 unspecified atom stereocenters. The van der Waals surface area contributed by atoms with Gasteiger partial charge in [0.25, 0.3) is 0 Å². The van der Waals surface area contributed by atoms with Crippen molar-refractivity contribution < 1.29 is 14.4 Å². The highest BCUT2D eigenvalue weighted by Crippen LogP contribution is 2.36. The molecule has 0 aromatic carbocycles. The SMILES string of the molecule is C=CCC1([C@@H](C)CC)C(=O)NC(=O)NC1=O. The fraction of sp³-hybridized carbons (Fsp3) is 0.545. The quantitative estimate of drug-likeness (QED) is 0.551. The highest BCUT2D eigenvalue weighted by Gasteiger charge is 2.52. The lowest BCUT2D eigenvalue weighted by molar-refractivity contribution is -0.148. The first kappa shape index (κ1) is 12.4. The topological polar surface area (TPSA) is 75.3 Å². The second kappa shape index (κ2) is 4.47. The molecule has 1 aliphatic rings. The Balaban J connectivity index is 3.16. The van der Waals surface area contributed by atoms with Gasteiger partial charge >= 0.3 is 6.03 Å². The minimum Gasteiger partial charge on any atom is -0.277 e. The molecule has 4 amide bonds. The molecular formula is C11H16N2O3. The lowest BCUT2D eigenvalue weighted by Gasteiger charge is -2.37. The number of rotatable bonds is 4. The number of urea groups is 1. The molecule has 5 heteroatoms. The normalized spacial score (nSPS) is 21.0. The molecule has 1 saturated heterocycles. The molecule has 16 heavy (non-hydrogen) atoms. The minimum atomic E-state index is -1.20. The van der Waals surface area contributed by atoms with Crippen LogP contribution in [0.25, 0.3) is 0 Å². The third kappa shape index (κ3) is 1.73. The summed E-state index contributed by atoms with van der Waals surface area (Å²) in [6.45, 7) is 7.27. The van der Waals surface area contributed by atoms with Crippen molar-refractivity contribution in [2.75, 3.05) is 0 Å². The van der Waals surface area contributed by atoms with E-state index in [4.69, 9.17) is 0 Å². The van der Waals surface area contributed by atoms with Gasteiger partial charge in [0, 0.05) is 0 Å². The van der Waals surface area contributed by atoms with Crippen molar-refractivity contribution in [1.29, 1.82) is 0 Å². The van der Waals surface area contributed by atoms with Crippen molar-refractivity contribution in [3.63, 3.8) is 0 Å². The molecule has 0 radical (unpaired) electrons. The van der Waals surface area contributed by atoms with E-state index < -0.39 is 23.3 Å². The third-order valence-electron chi connectivity index (χ3n) is 3.18. The number of carbonyl (C=O) groups excluding carboxylic acids is 3. The van der Waals surface area contributed by atoms with E-state index in [9.17, 15) is 14.4 Å². The van der Waals surface area contributed by atoms with Crippen molar-refractivity contribution >= 4 is 17.8 Å². The average Bonchev–Trinajstić information content (AvgIpc) is 2.22. The molecule has 1 heterocycles. The van der Waals surface area contributed by atoms with Gasteiger partial charge < -0.3 is 0 Å². The van der Waals surface area contributed by atoms with Crippen molar-refractivity contribution in [1.82, 2.24) is 10.6 Å². The van der Waals surface area contributed by atoms with Crippen LogP contribution < -0.4 is 10.6 Å². The van der Waals surface area contributed by atoms with Crippen LogP contribution in [0.3, 0.4) is 0 Å². The van der Waals surface area contributed by atoms with Crippen LogP contribution in [-0.2, 0) is 9.59 Å². The van der Waals surface area contributed by atoms with E-state index >= 15 is 0 Å². The number of amides is 4. The van der Waals surface area contributed by atoms with E-state index in [1.807, 2.05) is 13.8 Å². The van der Waals surface area contributed by atoms with Crippen LogP contribution in [0.1, 0.15) is 26.7 Å². The first-order valence-electron chi connectivity index (χ1n) is 5.26. The molecule has 1 aliphatic heterocycles. The lowest BCUT2D eigenvalue weighted by atomic mass is 9.70. The van der Waals surface area contributed by atoms with Gasteiger partial charge in [-0.15, -0.1) is 6.58 Å². The van der Waals surface area contributed by atoms with Gasteiger partial charge in [0.05, 0.1) is 0 Å². The molecular weight excluding hydrogens is 208 g/mol. The number of barbiturate groups is 1. The number of allylic oxidation sites excluding steroid dienone is 1. The molecule has 0 aliphatic carbocycles. The lowest BCUT2D eigenvalue weighted by Crippen LogP contribution is -2.64. The van der Waals surface area contributed by atoms with Gasteiger partial charge in [-0.2, -0.15) is 0 Å². The van der Waals surface area contributed by atoms with Gasteiger partial charge in [0.1, 0.15) is 5.41 Å². The first-order valence-corrected chi connectivity index (χ1v) is 5.26. The Hall–Kier alpha value is -1.65. The third-order valence-corrected chi connectivity index (χ3v) is 3.18. The van der Waals surface area contributed by atoms with Gasteiger partial charge in [-0.1, -0.05) is 26.3 Å². The van der Waals surface area contributed by atoms with E-state index in [2.05, 4.69) is 17.2 Å². The highest BCUT2D eigenvalue weighted by molar-refractivity contribution is 6.19. The molecule has 0 aromatic rings. The zero-order valence-corrected chi connectivity index (χ0v) is 9.50. The van der Waals surface area contributed by atoms with Crippen LogP contribution in [0.2, 0.25) is 0 Å². The van der Waals surface area contributed by atoms with Crippen molar-refractivity contribution in [2.45, 2.75) is 26.7 Å². The number of imide groups is 2. The molecule has 1 fully saturated rings. The molecule has 88 valence electrons. The minimum absolute atomic E-state index is 0.154. The number of nitrogens with one attached hydrogen (secondary N) is 2. The molecule has 0 bridgehead atoms. The van der Waals surface area contributed by atoms with Crippen molar-refractivity contribution in [3.8, 4) is 0 Å². The van der Waals surface area contributed by atoms with Crippen LogP contribution >= 0.6 is 0 Å². The summed E-state index contributed by atoms with van der Waals surface area (Å²) >= 11 is 0. The van der Waals surface area contributed by atoms with E-state index in [0.29, 0.717) is 6.42 Å². The Labute approximate surface area is 94.3 Å². The van der Waals surface area contributed by atoms with Crippen LogP contribution in [0.5, 0.6) is 0 Å². The molecule has 1 rings (SSSR count). The number of hydrogen-bond acceptors (Lipinski definition) is 3. The molecule has 5 nitrogen and oxygen atoms in total. The van der Waals surface area contributed by atoms with E-state index in [1.54, 1.807) is 0 Å². The Morgan fingerprint density at radius 3 is 2.19 bits per heavy atom. The van der Waals surface area contributed by atoms with Crippen LogP contribution in [0.4, 0.5) is 4.79 Å². The Morgan fingerprint density at radius 2 is 1.81 bits per heavy atom. The van der Waals surface area contributed by atoms with Gasteiger partial charge in [-0.3, -0.25) is 20.2 Å². The van der Waals surface area contributed by atoms with Crippen LogP contribution in [0.15, 0.2) is 12.7 Å². The molecule has 0 saturated carbocycles. The zero-order valence-electron chi connectivity index (χ0n) is 9.50. The fourth-order valence-corrected chi connectivity index (χ4v) is 1.97. The second-order valence-electron chi connectivity index (χ2n) is 4.01. The summed E-state index contributed by atoms with van der Waals surface area (Å²) in [4.78, 5) is 34.8. The Bertz CT molecular complexity index is 329. The van der Waals surface area contributed by atoms with Crippen molar-refractivity contribution in [3.05, 3.63) is 12.7 Å². The van der Waals surface area contributed by atoms with Crippen LogP contribution in [0, 0.1) is 11.3 Å². The van der Waals surface area contributed by atoms with E-state index in [0.717, 1.165) is 0 Å². The van der Waals surface area contributed by atoms with E-state index in [1.165, 1.54) is 6.08 Å². The summed E-state index contributed by atoms with van der Waals surface area (Å²) in [6.07, 6.45) is 2.43. The maximum Gasteiger partial charge on any atom is 0.328 e. The molecule has 2 N–H and O–H groups in total. The standard InChI is InChI=1S/C11H16N2O3/c1-4-6-11(7(3)5-2)8(14)12-10(16)13-9(11)15/h4,7H,1,5-6H2,2-3H3,(H2,12,13,14,15,16)/t7-/m0/s1. The maximum atomic E-state index is 11.9. The van der Waals surface area contributed by atoms with Crippen molar-refractivity contribution in [2.24, 2.45) is 11.3 Å². The predicted molar refractivity (Wildman–Crippen MR) is 58.4 cm³/mol. The summed E-state index contributed by atoms with van der Waals surface area (Å²) in [7, 11) is 0. The second-order valence-corrected chi connectivity index (χ2v) is 4.01. The van der Waals surface area contributed by atoms with Gasteiger partial charge in [-0.05, 0) is 12.3 Å². The molecule has 0 aromatic heterocycles. The smallest absolute Gasteiger partial charge is 0.277 e. The van der Waals surface area contributed by atoms with E-state index in [-0.39, 0.29) is 12.3 Å². The molecule has 1 atom stereocenters. The maximum absolute atomic E-state index is 11.9. The summed E-state index contributed by atoms with van der Waals surface area (Å²) < 4.78 is 0. The Morgan fingerprint density at radius 1 is 1.31 bits per heavy atom. The number of hydrogen-bond donors (Lipinski definition) is 2. The van der Waals surface area contributed by atoms with Gasteiger partial charge in [-0.25, -0.2) is 4.79 Å². The average molecular weight is 224 g/mol. The van der Waals surface area contributed by atoms with Crippen LogP contribution in [-0.4, -0.2) is 17.8 Å². The summed E-state index contributed by atoms with van der Waals surface area (Å²) in [5, 5.41) is 4.29. The highest BCUT2D eigenvalue weighted by atomic mass is 16.2. The monoisotopic (exact) mass is 224 g/mol. The van der Waals surface area contributed by atoms with Gasteiger partial charge in [0.2, 0.25) is 11.8 Å². The Kier molecular flexibility index (Phi) is 3.47. The van der Waals surface area contributed by atoms with Gasteiger partial charge in [0.15, 0.2) is 0 Å². The summed E-state index contributed by atoms with van der Waals surface area (Å²) in [5.41, 5.74) is -1.20. The summed E-state index contributed by atoms with van der Waals surface area (Å²) in [6, 6.07) is -0.752. The largest absolute Gasteiger partial charge is 0.328 e. The zero-order chi connectivity index (χ0) is 12.3. The number of carbonyl (C=O) groups is 3. The molecule has 0 spiro atoms.